The lowest BCUT2D eigenvalue weighted by atomic mass is 10.0. The average Bonchev–Trinajstić information content (AvgIpc) is 2.17. The van der Waals surface area contributed by atoms with Gasteiger partial charge in [-0.15, -0.1) is 0 Å². The van der Waals surface area contributed by atoms with E-state index in [1.807, 2.05) is 0 Å². The molecule has 1 rings (SSSR count). The molecule has 16 heavy (non-hydrogen) atoms. The smallest absolute Gasteiger partial charge is 0.405 e. The van der Waals surface area contributed by atoms with E-state index in [2.05, 4.69) is 16.0 Å². The Morgan fingerprint density at radius 3 is 2.38 bits per heavy atom. The van der Waals surface area contributed by atoms with Crippen LogP contribution in [0.4, 0.5) is 4.79 Å². The minimum absolute atomic E-state index is 0.142. The first-order valence-electron chi connectivity index (χ1n) is 5.44. The summed E-state index contributed by atoms with van der Waals surface area (Å²) in [6.45, 7) is 4.88. The van der Waals surface area contributed by atoms with Crippen LogP contribution in [-0.2, 0) is 4.79 Å². The molecule has 0 bridgehead atoms. The van der Waals surface area contributed by atoms with Gasteiger partial charge in [0.25, 0.3) is 0 Å². The first kappa shape index (κ1) is 12.8. The number of hydrogen-bond donors (Lipinski definition) is 4. The molecule has 1 fully saturated rings. The predicted octanol–water partition coefficient (Wildman–Crippen LogP) is -0.0992. The number of carbonyl (C=O) groups excluding carboxylic acids is 1. The summed E-state index contributed by atoms with van der Waals surface area (Å²) in [5, 5.41) is 16.9. The zero-order chi connectivity index (χ0) is 12.2. The third-order valence-corrected chi connectivity index (χ3v) is 2.66. The Morgan fingerprint density at radius 2 is 1.88 bits per heavy atom. The molecule has 0 saturated carbocycles. The average molecular weight is 229 g/mol. The van der Waals surface area contributed by atoms with Gasteiger partial charge in [-0.3, -0.25) is 4.79 Å². The maximum absolute atomic E-state index is 11.8. The fraction of sp³-hybridized carbons (Fsp3) is 0.800. The SMILES string of the molecule is CC(C)(NC(=O)O)C(=O)NC1CCNCC1. The molecule has 0 spiro atoms. The molecule has 0 atom stereocenters. The lowest BCUT2D eigenvalue weighted by Crippen LogP contribution is -2.57. The van der Waals surface area contributed by atoms with E-state index in [9.17, 15) is 9.59 Å². The lowest BCUT2D eigenvalue weighted by molar-refractivity contribution is -0.127. The summed E-state index contributed by atoms with van der Waals surface area (Å²) in [6.07, 6.45) is 0.578. The van der Waals surface area contributed by atoms with Crippen LogP contribution < -0.4 is 16.0 Å². The largest absolute Gasteiger partial charge is 0.465 e. The van der Waals surface area contributed by atoms with Crippen molar-refractivity contribution in [2.45, 2.75) is 38.3 Å². The lowest BCUT2D eigenvalue weighted by Gasteiger charge is -2.29. The highest BCUT2D eigenvalue weighted by molar-refractivity contribution is 5.88. The summed E-state index contributed by atoms with van der Waals surface area (Å²) in [6, 6.07) is 0.142. The van der Waals surface area contributed by atoms with Gasteiger partial charge >= 0.3 is 6.09 Å². The van der Waals surface area contributed by atoms with Crippen LogP contribution in [0.3, 0.4) is 0 Å². The van der Waals surface area contributed by atoms with Gasteiger partial charge in [-0.25, -0.2) is 4.79 Å². The Hall–Kier alpha value is -1.30. The van der Waals surface area contributed by atoms with Crippen molar-refractivity contribution in [1.82, 2.24) is 16.0 Å². The van der Waals surface area contributed by atoms with Gasteiger partial charge in [0, 0.05) is 6.04 Å². The van der Waals surface area contributed by atoms with Crippen LogP contribution in [-0.4, -0.2) is 41.8 Å². The van der Waals surface area contributed by atoms with Gasteiger partial charge in [0.05, 0.1) is 0 Å². The van der Waals surface area contributed by atoms with Crippen molar-refractivity contribution >= 4 is 12.0 Å². The molecule has 0 aromatic carbocycles. The highest BCUT2D eigenvalue weighted by Crippen LogP contribution is 2.07. The highest BCUT2D eigenvalue weighted by Gasteiger charge is 2.31. The Bertz CT molecular complexity index is 272. The molecule has 0 aliphatic carbocycles. The minimum Gasteiger partial charge on any atom is -0.465 e. The molecule has 92 valence electrons. The summed E-state index contributed by atoms with van der Waals surface area (Å²) >= 11 is 0. The number of carboxylic acid groups (broad SMARTS) is 1. The Morgan fingerprint density at radius 1 is 1.31 bits per heavy atom. The molecule has 4 N–H and O–H groups in total. The Kier molecular flexibility index (Phi) is 4.12. The van der Waals surface area contributed by atoms with Crippen LogP contribution in [0.25, 0.3) is 0 Å². The molecule has 1 aliphatic rings. The van der Waals surface area contributed by atoms with E-state index < -0.39 is 11.6 Å². The second-order valence-corrected chi connectivity index (χ2v) is 4.55. The Labute approximate surface area is 94.8 Å². The topological polar surface area (TPSA) is 90.5 Å². The van der Waals surface area contributed by atoms with Crippen LogP contribution in [0, 0.1) is 0 Å². The predicted molar refractivity (Wildman–Crippen MR) is 59.3 cm³/mol. The fourth-order valence-electron chi connectivity index (χ4n) is 1.66. The van der Waals surface area contributed by atoms with Crippen LogP contribution in [0.1, 0.15) is 26.7 Å². The number of hydrogen-bond acceptors (Lipinski definition) is 3. The van der Waals surface area contributed by atoms with Gasteiger partial charge in [0.2, 0.25) is 5.91 Å². The molecule has 1 aliphatic heterocycles. The first-order chi connectivity index (χ1) is 7.42. The van der Waals surface area contributed by atoms with Crippen molar-refractivity contribution in [3.63, 3.8) is 0 Å². The normalized spacial score (nSPS) is 17.9. The van der Waals surface area contributed by atoms with Crippen LogP contribution >= 0.6 is 0 Å². The molecule has 2 amide bonds. The number of piperidine rings is 1. The van der Waals surface area contributed by atoms with Crippen molar-refractivity contribution in [2.24, 2.45) is 0 Å². The van der Waals surface area contributed by atoms with Gasteiger partial charge in [-0.1, -0.05) is 0 Å². The number of carbonyl (C=O) groups is 2. The summed E-state index contributed by atoms with van der Waals surface area (Å²) in [7, 11) is 0. The van der Waals surface area contributed by atoms with Crippen LogP contribution in [0.5, 0.6) is 0 Å². The standard InChI is InChI=1S/C10H19N3O3/c1-10(2,13-9(15)16)8(14)12-7-3-5-11-6-4-7/h7,11,13H,3-6H2,1-2H3,(H,12,14)(H,15,16). The van der Waals surface area contributed by atoms with Gasteiger partial charge < -0.3 is 21.1 Å². The third kappa shape index (κ3) is 3.69. The maximum Gasteiger partial charge on any atom is 0.405 e. The molecule has 1 saturated heterocycles. The van der Waals surface area contributed by atoms with Crippen molar-refractivity contribution in [3.05, 3.63) is 0 Å². The number of rotatable bonds is 3. The van der Waals surface area contributed by atoms with Crippen molar-refractivity contribution in [1.29, 1.82) is 0 Å². The minimum atomic E-state index is -1.19. The quantitative estimate of drug-likeness (QED) is 0.544. The van der Waals surface area contributed by atoms with Crippen molar-refractivity contribution in [2.75, 3.05) is 13.1 Å². The molecule has 0 unspecified atom stereocenters. The Balaban J connectivity index is 2.46. The molecular weight excluding hydrogens is 210 g/mol. The summed E-state index contributed by atoms with van der Waals surface area (Å²) in [5.74, 6) is -0.276. The summed E-state index contributed by atoms with van der Waals surface area (Å²) in [4.78, 5) is 22.3. The van der Waals surface area contributed by atoms with E-state index in [0.717, 1.165) is 25.9 Å². The third-order valence-electron chi connectivity index (χ3n) is 2.66. The van der Waals surface area contributed by atoms with E-state index in [1.54, 1.807) is 13.8 Å². The molecule has 6 nitrogen and oxygen atoms in total. The van der Waals surface area contributed by atoms with E-state index in [-0.39, 0.29) is 11.9 Å². The molecule has 0 radical (unpaired) electrons. The fourth-order valence-corrected chi connectivity index (χ4v) is 1.66. The summed E-state index contributed by atoms with van der Waals surface area (Å²) in [5.41, 5.74) is -1.09. The molecule has 6 heteroatoms. The molecular formula is C10H19N3O3. The molecule has 0 aromatic heterocycles. The number of nitrogens with one attached hydrogen (secondary N) is 3. The number of amides is 2. The molecule has 1 heterocycles. The maximum atomic E-state index is 11.8. The first-order valence-corrected chi connectivity index (χ1v) is 5.44. The second-order valence-electron chi connectivity index (χ2n) is 4.55. The van der Waals surface area contributed by atoms with Gasteiger partial charge in [0.15, 0.2) is 0 Å². The van der Waals surface area contributed by atoms with E-state index in [0.29, 0.717) is 0 Å². The zero-order valence-corrected chi connectivity index (χ0v) is 9.67. The summed E-state index contributed by atoms with van der Waals surface area (Å²) < 4.78 is 0. The molecule has 0 aromatic rings. The van der Waals surface area contributed by atoms with Gasteiger partial charge in [-0.05, 0) is 39.8 Å². The van der Waals surface area contributed by atoms with Gasteiger partial charge in [-0.2, -0.15) is 0 Å². The van der Waals surface area contributed by atoms with Crippen LogP contribution in [0.15, 0.2) is 0 Å². The monoisotopic (exact) mass is 229 g/mol. The van der Waals surface area contributed by atoms with E-state index >= 15 is 0 Å². The van der Waals surface area contributed by atoms with Gasteiger partial charge in [0.1, 0.15) is 5.54 Å². The van der Waals surface area contributed by atoms with Crippen molar-refractivity contribution in [3.8, 4) is 0 Å². The van der Waals surface area contributed by atoms with E-state index in [1.165, 1.54) is 0 Å². The highest BCUT2D eigenvalue weighted by atomic mass is 16.4. The van der Waals surface area contributed by atoms with E-state index in [4.69, 9.17) is 5.11 Å². The zero-order valence-electron chi connectivity index (χ0n) is 9.67. The second kappa shape index (κ2) is 5.16. The van der Waals surface area contributed by atoms with Crippen molar-refractivity contribution < 1.29 is 14.7 Å². The van der Waals surface area contributed by atoms with Crippen LogP contribution in [0.2, 0.25) is 0 Å².